The summed E-state index contributed by atoms with van der Waals surface area (Å²) in [5, 5.41) is 36.3. The minimum Gasteiger partial charge on any atom is -1.00 e. The third-order valence-corrected chi connectivity index (χ3v) is 2.03. The van der Waals surface area contributed by atoms with Gasteiger partial charge in [-0.1, -0.05) is 0 Å². The third-order valence-electron chi connectivity index (χ3n) is 2.03. The maximum atomic E-state index is 9.25. The minimum atomic E-state index is -1.24. The Hall–Kier alpha value is 0.0500. The molecule has 1 fully saturated rings. The van der Waals surface area contributed by atoms with Crippen LogP contribution in [0.4, 0.5) is 0 Å². The largest absolute Gasteiger partial charge is 1.00 e. The first-order chi connectivity index (χ1) is 5.57. The molecule has 0 aromatic rings. The SMILES string of the molecule is [Cl-].[NH3+][C@@H]1C(O)[C@H](O)C(CO)O[C@H]1O. The first kappa shape index (κ1) is 13.1. The summed E-state index contributed by atoms with van der Waals surface area (Å²) in [6.07, 6.45) is -4.53. The van der Waals surface area contributed by atoms with Crippen LogP contribution in [0.3, 0.4) is 0 Å². The Morgan fingerprint density at radius 2 is 1.69 bits per heavy atom. The van der Waals surface area contributed by atoms with E-state index in [9.17, 15) is 10.2 Å². The Morgan fingerprint density at radius 3 is 2.15 bits per heavy atom. The molecule has 13 heavy (non-hydrogen) atoms. The van der Waals surface area contributed by atoms with E-state index in [-0.39, 0.29) is 12.4 Å². The highest BCUT2D eigenvalue weighted by Gasteiger charge is 2.43. The molecule has 2 unspecified atom stereocenters. The van der Waals surface area contributed by atoms with Gasteiger partial charge in [0.25, 0.3) is 0 Å². The monoisotopic (exact) mass is 215 g/mol. The van der Waals surface area contributed by atoms with Crippen molar-refractivity contribution in [2.75, 3.05) is 6.61 Å². The molecule has 0 aromatic carbocycles. The van der Waals surface area contributed by atoms with Gasteiger partial charge in [-0.25, -0.2) is 0 Å². The van der Waals surface area contributed by atoms with Gasteiger partial charge in [0.1, 0.15) is 18.3 Å². The molecule has 1 aliphatic heterocycles. The molecule has 6 nitrogen and oxygen atoms in total. The topological polar surface area (TPSA) is 118 Å². The summed E-state index contributed by atoms with van der Waals surface area (Å²) in [7, 11) is 0. The first-order valence-electron chi connectivity index (χ1n) is 3.71. The van der Waals surface area contributed by atoms with Gasteiger partial charge in [-0.05, 0) is 0 Å². The zero-order valence-corrected chi connectivity index (χ0v) is 7.63. The predicted octanol–water partition coefficient (Wildman–Crippen LogP) is -6.97. The fourth-order valence-corrected chi connectivity index (χ4v) is 1.15. The lowest BCUT2D eigenvalue weighted by atomic mass is 9.98. The highest BCUT2D eigenvalue weighted by Crippen LogP contribution is 2.16. The summed E-state index contributed by atoms with van der Waals surface area (Å²) in [6.45, 7) is -0.442. The van der Waals surface area contributed by atoms with E-state index < -0.39 is 37.3 Å². The van der Waals surface area contributed by atoms with E-state index in [0.29, 0.717) is 0 Å². The summed E-state index contributed by atoms with van der Waals surface area (Å²) < 4.78 is 4.76. The number of hydrogen-bond donors (Lipinski definition) is 5. The molecule has 1 rings (SSSR count). The normalized spacial score (nSPS) is 45.5. The van der Waals surface area contributed by atoms with Crippen molar-refractivity contribution in [1.29, 1.82) is 0 Å². The molecule has 1 saturated heterocycles. The Balaban J connectivity index is 0.00000144. The molecule has 0 saturated carbocycles. The number of hydrogen-bond acceptors (Lipinski definition) is 5. The van der Waals surface area contributed by atoms with E-state index in [0.717, 1.165) is 0 Å². The predicted molar refractivity (Wildman–Crippen MR) is 36.7 cm³/mol. The van der Waals surface area contributed by atoms with Crippen LogP contribution in [0.25, 0.3) is 0 Å². The summed E-state index contributed by atoms with van der Waals surface area (Å²) in [4.78, 5) is 0. The standard InChI is InChI=1S/C6H13NO5.ClH/c7-3-5(10)4(9)2(1-8)12-6(3)11;/h2-6,8-11H,1,7H2;1H/t2?,3-,4-,5?,6-;/m1./s1. The highest BCUT2D eigenvalue weighted by atomic mass is 35.5. The molecule has 0 aliphatic carbocycles. The lowest BCUT2D eigenvalue weighted by Gasteiger charge is -2.36. The van der Waals surface area contributed by atoms with Crippen molar-refractivity contribution in [3.8, 4) is 0 Å². The molecule has 1 aliphatic rings. The van der Waals surface area contributed by atoms with Crippen LogP contribution in [0.2, 0.25) is 0 Å². The molecule has 1 heterocycles. The molecule has 5 atom stereocenters. The van der Waals surface area contributed by atoms with Gasteiger partial charge in [0.2, 0.25) is 6.29 Å². The third kappa shape index (κ3) is 2.50. The second-order valence-corrected chi connectivity index (χ2v) is 2.89. The number of quaternary nitrogens is 1. The van der Waals surface area contributed by atoms with Crippen molar-refractivity contribution in [2.24, 2.45) is 0 Å². The van der Waals surface area contributed by atoms with Gasteiger partial charge in [0, 0.05) is 0 Å². The quantitative estimate of drug-likeness (QED) is 0.298. The van der Waals surface area contributed by atoms with Gasteiger partial charge in [0.15, 0.2) is 6.04 Å². The van der Waals surface area contributed by atoms with E-state index in [4.69, 9.17) is 14.9 Å². The second kappa shape index (κ2) is 5.06. The molecule has 7 N–H and O–H groups in total. The first-order valence-corrected chi connectivity index (χ1v) is 3.71. The molecule has 80 valence electrons. The fourth-order valence-electron chi connectivity index (χ4n) is 1.15. The van der Waals surface area contributed by atoms with Crippen LogP contribution in [0, 0.1) is 0 Å². The summed E-state index contributed by atoms with van der Waals surface area (Å²) >= 11 is 0. The Kier molecular flexibility index (Phi) is 5.08. The van der Waals surface area contributed by atoms with E-state index in [1.54, 1.807) is 0 Å². The lowest BCUT2D eigenvalue weighted by Crippen LogP contribution is -3.00. The van der Waals surface area contributed by atoms with Gasteiger partial charge < -0.3 is 43.3 Å². The van der Waals surface area contributed by atoms with Crippen molar-refractivity contribution in [1.82, 2.24) is 0 Å². The minimum absolute atomic E-state index is 0. The van der Waals surface area contributed by atoms with Crippen molar-refractivity contribution in [3.63, 3.8) is 0 Å². The smallest absolute Gasteiger partial charge is 0.211 e. The molecule has 0 bridgehead atoms. The molecule has 0 radical (unpaired) electrons. The van der Waals surface area contributed by atoms with E-state index in [1.807, 2.05) is 0 Å². The zero-order valence-electron chi connectivity index (χ0n) is 6.88. The maximum absolute atomic E-state index is 9.25. The molecule has 0 spiro atoms. The zero-order chi connectivity index (χ0) is 9.30. The van der Waals surface area contributed by atoms with Crippen LogP contribution in [0.5, 0.6) is 0 Å². The maximum Gasteiger partial charge on any atom is 0.211 e. The van der Waals surface area contributed by atoms with Gasteiger partial charge in [-0.3, -0.25) is 0 Å². The molecular formula is C6H14ClNO5. The number of aliphatic hydroxyl groups is 4. The van der Waals surface area contributed by atoms with E-state index in [1.165, 1.54) is 0 Å². The van der Waals surface area contributed by atoms with Crippen LogP contribution >= 0.6 is 0 Å². The summed E-state index contributed by atoms with van der Waals surface area (Å²) in [5.74, 6) is 0. The Morgan fingerprint density at radius 1 is 1.15 bits per heavy atom. The van der Waals surface area contributed by atoms with Gasteiger partial charge in [-0.2, -0.15) is 0 Å². The fraction of sp³-hybridized carbons (Fsp3) is 1.00. The Labute approximate surface area is 81.3 Å². The van der Waals surface area contributed by atoms with Gasteiger partial charge in [0.05, 0.1) is 6.61 Å². The summed E-state index contributed by atoms with van der Waals surface area (Å²) in [5.41, 5.74) is 3.41. The van der Waals surface area contributed by atoms with Crippen molar-refractivity contribution in [2.45, 2.75) is 30.6 Å². The number of halogens is 1. The van der Waals surface area contributed by atoms with Gasteiger partial charge >= 0.3 is 0 Å². The number of aliphatic hydroxyl groups excluding tert-OH is 4. The van der Waals surface area contributed by atoms with Crippen molar-refractivity contribution in [3.05, 3.63) is 0 Å². The second-order valence-electron chi connectivity index (χ2n) is 2.89. The van der Waals surface area contributed by atoms with Crippen LogP contribution in [-0.4, -0.2) is 57.7 Å². The van der Waals surface area contributed by atoms with Crippen LogP contribution in [0.1, 0.15) is 0 Å². The van der Waals surface area contributed by atoms with E-state index >= 15 is 0 Å². The number of ether oxygens (including phenoxy) is 1. The molecule has 0 aromatic heterocycles. The average Bonchev–Trinajstić information content (AvgIpc) is 2.08. The molecule has 0 amide bonds. The van der Waals surface area contributed by atoms with Crippen molar-refractivity contribution >= 4 is 0 Å². The van der Waals surface area contributed by atoms with Gasteiger partial charge in [-0.15, -0.1) is 0 Å². The van der Waals surface area contributed by atoms with Crippen LogP contribution in [0.15, 0.2) is 0 Å². The van der Waals surface area contributed by atoms with E-state index in [2.05, 4.69) is 5.73 Å². The Bertz CT molecular complexity index is 155. The number of rotatable bonds is 1. The lowest BCUT2D eigenvalue weighted by molar-refractivity contribution is -0.497. The highest BCUT2D eigenvalue weighted by molar-refractivity contribution is 4.87. The summed E-state index contributed by atoms with van der Waals surface area (Å²) in [6, 6.07) is -0.789. The average molecular weight is 216 g/mol. The van der Waals surface area contributed by atoms with Crippen LogP contribution < -0.4 is 18.1 Å². The molecular weight excluding hydrogens is 202 g/mol. The van der Waals surface area contributed by atoms with Crippen molar-refractivity contribution < 1.29 is 43.3 Å². The molecule has 7 heteroatoms. The van der Waals surface area contributed by atoms with Crippen LogP contribution in [-0.2, 0) is 4.74 Å².